The van der Waals surface area contributed by atoms with E-state index in [4.69, 9.17) is 18.5 Å². The largest absolute Gasteiger partial charge is 0.496 e. The fourth-order valence-electron chi connectivity index (χ4n) is 3.92. The van der Waals surface area contributed by atoms with Crippen molar-refractivity contribution >= 4 is 34.0 Å². The monoisotopic (exact) mass is 545 g/mol. The highest BCUT2D eigenvalue weighted by Gasteiger charge is 2.49. The second-order valence-electron chi connectivity index (χ2n) is 8.18. The number of esters is 2. The van der Waals surface area contributed by atoms with Crippen LogP contribution in [0.4, 0.5) is 9.18 Å². The van der Waals surface area contributed by atoms with Crippen molar-refractivity contribution in [1.82, 2.24) is 15.3 Å². The number of halogens is 1. The summed E-state index contributed by atoms with van der Waals surface area (Å²) in [5.41, 5.74) is -0.726. The summed E-state index contributed by atoms with van der Waals surface area (Å²) in [6, 6.07) is -0.659. The van der Waals surface area contributed by atoms with Crippen molar-refractivity contribution < 1.29 is 50.5 Å². The molecule has 2 saturated heterocycles. The van der Waals surface area contributed by atoms with Crippen LogP contribution in [0.15, 0.2) is 17.0 Å². The Morgan fingerprint density at radius 2 is 1.89 bits per heavy atom. The summed E-state index contributed by atoms with van der Waals surface area (Å²) in [7, 11) is -3.76. The van der Waals surface area contributed by atoms with Gasteiger partial charge >= 0.3 is 28.1 Å². The third-order valence-electron chi connectivity index (χ3n) is 5.77. The number of methoxy groups -OCH3 is 1. The van der Waals surface area contributed by atoms with Crippen molar-refractivity contribution in [3.8, 4) is 5.75 Å². The summed E-state index contributed by atoms with van der Waals surface area (Å²) in [5, 5.41) is 2.98. The van der Waals surface area contributed by atoms with Crippen molar-refractivity contribution in [2.45, 2.75) is 56.5 Å². The fourth-order valence-corrected chi connectivity index (χ4v) is 4.95. The van der Waals surface area contributed by atoms with Crippen molar-refractivity contribution in [2.24, 2.45) is 0 Å². The summed E-state index contributed by atoms with van der Waals surface area (Å²) < 4.78 is 60.9. The van der Waals surface area contributed by atoms with Crippen molar-refractivity contribution in [2.75, 3.05) is 27.0 Å². The quantitative estimate of drug-likeness (QED) is 0.318. The first-order valence-corrected chi connectivity index (χ1v) is 13.0. The van der Waals surface area contributed by atoms with Gasteiger partial charge in [-0.25, -0.2) is 14.0 Å². The van der Waals surface area contributed by atoms with Gasteiger partial charge in [-0.05, 0) is 31.4 Å². The predicted octanol–water partition coefficient (Wildman–Crippen LogP) is 1.32. The molecule has 204 valence electrons. The van der Waals surface area contributed by atoms with Gasteiger partial charge in [-0.2, -0.15) is 13.5 Å². The molecule has 1 aromatic carbocycles. The number of carbonyl (C=O) groups is 4. The molecule has 3 rings (SSSR count). The van der Waals surface area contributed by atoms with Gasteiger partial charge < -0.3 is 24.4 Å². The number of hydrogen-bond acceptors (Lipinski definition) is 10. The lowest BCUT2D eigenvalue weighted by Crippen LogP contribution is -2.50. The Bertz CT molecular complexity index is 1180. The molecule has 0 saturated carbocycles. The number of ether oxygens (including phenoxy) is 3. The molecule has 2 fully saturated rings. The molecule has 0 spiro atoms. The molecule has 0 aliphatic carbocycles. The number of nitrogens with one attached hydrogen (secondary N) is 1. The van der Waals surface area contributed by atoms with Gasteiger partial charge in [0.1, 0.15) is 22.3 Å². The highest BCUT2D eigenvalue weighted by atomic mass is 32.2. The van der Waals surface area contributed by atoms with Crippen LogP contribution in [0.1, 0.15) is 49.9 Å². The minimum atomic E-state index is -4.93. The zero-order chi connectivity index (χ0) is 27.3. The highest BCUT2D eigenvalue weighted by molar-refractivity contribution is 7.86. The van der Waals surface area contributed by atoms with Crippen molar-refractivity contribution in [1.29, 1.82) is 0 Å². The topological polar surface area (TPSA) is 158 Å². The van der Waals surface area contributed by atoms with Crippen LogP contribution in [0, 0.1) is 5.82 Å². The van der Waals surface area contributed by atoms with Gasteiger partial charge in [-0.1, -0.05) is 13.8 Å². The van der Waals surface area contributed by atoms with Gasteiger partial charge in [0.2, 0.25) is 5.91 Å². The van der Waals surface area contributed by atoms with E-state index in [2.05, 4.69) is 5.32 Å². The van der Waals surface area contributed by atoms with Crippen LogP contribution in [0.2, 0.25) is 0 Å². The average Bonchev–Trinajstić information content (AvgIpc) is 3.10. The maximum absolute atomic E-state index is 15.3. The summed E-state index contributed by atoms with van der Waals surface area (Å²) >= 11 is 0. The molecule has 1 N–H and O–H groups in total. The second-order valence-corrected chi connectivity index (χ2v) is 9.68. The van der Waals surface area contributed by atoms with Gasteiger partial charge in [0, 0.05) is 13.0 Å². The van der Waals surface area contributed by atoms with Gasteiger partial charge in [-0.15, -0.1) is 4.28 Å². The van der Waals surface area contributed by atoms with E-state index in [0.717, 1.165) is 17.0 Å². The number of piperidine rings is 1. The Balaban J connectivity index is 1.77. The van der Waals surface area contributed by atoms with Gasteiger partial charge in [0.15, 0.2) is 12.5 Å². The lowest BCUT2D eigenvalue weighted by atomic mass is 10.0. The first-order chi connectivity index (χ1) is 17.5. The molecule has 3 amide bonds. The van der Waals surface area contributed by atoms with E-state index in [-0.39, 0.29) is 44.9 Å². The maximum Gasteiger partial charge on any atom is 0.346 e. The number of benzene rings is 1. The molecule has 2 bridgehead atoms. The van der Waals surface area contributed by atoms with Gasteiger partial charge in [0.25, 0.3) is 0 Å². The van der Waals surface area contributed by atoms with E-state index in [0.29, 0.717) is 11.5 Å². The zero-order valence-electron chi connectivity index (χ0n) is 20.5. The summed E-state index contributed by atoms with van der Waals surface area (Å²) in [6.45, 7) is 2.91. The van der Waals surface area contributed by atoms with E-state index in [1.165, 1.54) is 7.11 Å². The number of hydrogen-bond donors (Lipinski definition) is 1. The molecule has 15 heteroatoms. The fraction of sp³-hybridized carbons (Fsp3) is 0.545. The number of hydroxylamine groups is 2. The molecule has 2 aliphatic heterocycles. The molecule has 37 heavy (non-hydrogen) atoms. The Kier molecular flexibility index (Phi) is 8.91. The molecular weight excluding hydrogens is 517 g/mol. The van der Waals surface area contributed by atoms with Crippen LogP contribution in [-0.4, -0.2) is 81.3 Å². The summed E-state index contributed by atoms with van der Waals surface area (Å²) in [5.74, 6) is -3.91. The molecule has 0 radical (unpaired) electrons. The number of rotatable bonds is 11. The first-order valence-electron chi connectivity index (χ1n) is 11.6. The molecule has 2 heterocycles. The average molecular weight is 546 g/mol. The Morgan fingerprint density at radius 3 is 2.54 bits per heavy atom. The van der Waals surface area contributed by atoms with E-state index in [9.17, 15) is 27.6 Å². The molecule has 13 nitrogen and oxygen atoms in total. The van der Waals surface area contributed by atoms with Crippen molar-refractivity contribution in [3.63, 3.8) is 0 Å². The smallest absolute Gasteiger partial charge is 0.346 e. The minimum Gasteiger partial charge on any atom is -0.496 e. The lowest BCUT2D eigenvalue weighted by molar-refractivity contribution is -0.145. The van der Waals surface area contributed by atoms with Gasteiger partial charge in [0.05, 0.1) is 19.8 Å². The minimum absolute atomic E-state index is 0.0130. The van der Waals surface area contributed by atoms with E-state index >= 15 is 4.39 Å². The number of nitrogens with zero attached hydrogens (tertiary/aromatic N) is 2. The van der Waals surface area contributed by atoms with Crippen LogP contribution in [-0.2, 0) is 33.5 Å². The van der Waals surface area contributed by atoms with Crippen LogP contribution < -0.4 is 10.1 Å². The number of fused-ring (bicyclic) bond motifs is 2. The molecule has 2 aliphatic rings. The first kappa shape index (κ1) is 28.1. The third-order valence-corrected chi connectivity index (χ3v) is 6.98. The molecule has 0 unspecified atom stereocenters. The van der Waals surface area contributed by atoms with Crippen molar-refractivity contribution in [3.05, 3.63) is 23.5 Å². The van der Waals surface area contributed by atoms with Gasteiger partial charge in [-0.3, -0.25) is 9.59 Å². The number of carbonyl (C=O) groups excluding carboxylic acids is 4. The Labute approximate surface area is 212 Å². The van der Waals surface area contributed by atoms with Crippen LogP contribution in [0.5, 0.6) is 5.75 Å². The Hall–Kier alpha value is -3.46. The van der Waals surface area contributed by atoms with Crippen LogP contribution in [0.3, 0.4) is 0 Å². The SMILES string of the molecule is CCCOC(=O)c1c(OC)ccc(S(=O)(=O)ON2C(=O)N3C[C@H]2CC[C@H]3C(=O)NCOC(=O)CC)c1F. The van der Waals surface area contributed by atoms with E-state index < -0.39 is 62.4 Å². The van der Waals surface area contributed by atoms with E-state index in [1.807, 2.05) is 0 Å². The molecular formula is C22H28FN3O10S. The predicted molar refractivity (Wildman–Crippen MR) is 122 cm³/mol. The summed E-state index contributed by atoms with van der Waals surface area (Å²) in [4.78, 5) is 49.1. The van der Waals surface area contributed by atoms with Crippen LogP contribution in [0.25, 0.3) is 0 Å². The summed E-state index contributed by atoms with van der Waals surface area (Å²) in [6.07, 6.45) is 0.982. The maximum atomic E-state index is 15.3. The normalized spacial score (nSPS) is 19.0. The molecule has 2 atom stereocenters. The number of urea groups is 1. The standard InChI is InChI=1S/C22H28FN3O10S/c1-4-10-34-21(29)18-15(33-3)8-9-16(19(18)23)37(31,32)36-26-13-6-7-14(25(11-13)22(26)30)20(28)24-12-35-17(27)5-2/h8-9,13-14H,4-7,10-12H2,1-3H3,(H,24,28)/t13-,14+/m1/s1. The molecule has 1 aromatic rings. The second kappa shape index (κ2) is 11.7. The Morgan fingerprint density at radius 1 is 1.16 bits per heavy atom. The zero-order valence-corrected chi connectivity index (χ0v) is 21.3. The van der Waals surface area contributed by atoms with Crippen LogP contribution >= 0.6 is 0 Å². The third kappa shape index (κ3) is 5.93. The highest BCUT2D eigenvalue weighted by Crippen LogP contribution is 2.34. The lowest BCUT2D eigenvalue weighted by Gasteiger charge is -2.29. The molecule has 0 aromatic heterocycles. The number of amides is 3. The van der Waals surface area contributed by atoms with E-state index in [1.54, 1.807) is 13.8 Å².